The van der Waals surface area contributed by atoms with Crippen molar-refractivity contribution in [2.75, 3.05) is 6.54 Å². The van der Waals surface area contributed by atoms with Gasteiger partial charge in [-0.1, -0.05) is 12.1 Å². The summed E-state index contributed by atoms with van der Waals surface area (Å²) in [6.07, 6.45) is 1.05. The number of carbonyl (C=O) groups is 3. The number of nitrogens with one attached hydrogen (secondary N) is 1. The fourth-order valence-electron chi connectivity index (χ4n) is 2.27. The molecule has 2 amide bonds. The Kier molecular flexibility index (Phi) is 5.43. The molecule has 0 aliphatic rings. The quantitative estimate of drug-likeness (QED) is 0.504. The molecule has 0 saturated carbocycles. The molecule has 1 aromatic heterocycles. The van der Waals surface area contributed by atoms with Crippen LogP contribution in [0.3, 0.4) is 0 Å². The summed E-state index contributed by atoms with van der Waals surface area (Å²) in [5, 5.41) is 16.8. The van der Waals surface area contributed by atoms with E-state index in [0.29, 0.717) is 9.54 Å². The first kappa shape index (κ1) is 19.1. The van der Waals surface area contributed by atoms with E-state index in [1.165, 1.54) is 30.3 Å². The van der Waals surface area contributed by atoms with Crippen LogP contribution in [0.1, 0.15) is 27.3 Å². The summed E-state index contributed by atoms with van der Waals surface area (Å²) in [5.74, 6) is -2.44. The minimum Gasteiger partial charge on any atom is -0.477 e. The van der Waals surface area contributed by atoms with Crippen LogP contribution in [0.15, 0.2) is 36.5 Å². The van der Waals surface area contributed by atoms with Crippen LogP contribution >= 0.6 is 0 Å². The number of benzene rings is 1. The van der Waals surface area contributed by atoms with Crippen molar-refractivity contribution in [1.29, 1.82) is 0 Å². The Morgan fingerprint density at radius 2 is 1.73 bits per heavy atom. The molecule has 0 fully saturated rings. The highest BCUT2D eigenvalue weighted by atomic mass is 32.2. The van der Waals surface area contributed by atoms with Crippen molar-refractivity contribution in [3.63, 3.8) is 0 Å². The Labute approximate surface area is 148 Å². The number of primary amides is 1. The summed E-state index contributed by atoms with van der Waals surface area (Å²) in [6.45, 7) is 0.0935. The van der Waals surface area contributed by atoms with Gasteiger partial charge in [0.25, 0.3) is 5.91 Å². The van der Waals surface area contributed by atoms with E-state index in [9.17, 15) is 27.9 Å². The summed E-state index contributed by atoms with van der Waals surface area (Å²) < 4.78 is 23.4. The molecule has 1 aromatic carbocycles. The topological polar surface area (TPSA) is 175 Å². The first-order valence-electron chi connectivity index (χ1n) is 7.26. The number of carbonyl (C=O) groups excluding carboxylic acids is 2. The van der Waals surface area contributed by atoms with E-state index in [0.717, 1.165) is 6.20 Å². The van der Waals surface area contributed by atoms with Crippen molar-refractivity contribution in [2.24, 2.45) is 10.9 Å². The lowest BCUT2D eigenvalue weighted by molar-refractivity contribution is -0.117. The fourth-order valence-corrected chi connectivity index (χ4v) is 2.93. The van der Waals surface area contributed by atoms with Gasteiger partial charge in [0.15, 0.2) is 5.69 Å². The molecule has 2 aromatic rings. The van der Waals surface area contributed by atoms with Crippen LogP contribution in [-0.2, 0) is 15.0 Å². The van der Waals surface area contributed by atoms with E-state index in [-0.39, 0.29) is 24.1 Å². The van der Waals surface area contributed by atoms with Crippen LogP contribution in [0.4, 0.5) is 0 Å². The largest absolute Gasteiger partial charge is 0.477 e. The van der Waals surface area contributed by atoms with Crippen molar-refractivity contribution in [3.8, 4) is 11.1 Å². The predicted octanol–water partition coefficient (Wildman–Crippen LogP) is -0.490. The lowest BCUT2D eigenvalue weighted by Crippen LogP contribution is -2.27. The van der Waals surface area contributed by atoms with Crippen LogP contribution in [0.25, 0.3) is 11.1 Å². The lowest BCUT2D eigenvalue weighted by Gasteiger charge is -2.07. The Morgan fingerprint density at radius 3 is 2.23 bits per heavy atom. The van der Waals surface area contributed by atoms with Gasteiger partial charge >= 0.3 is 16.2 Å². The van der Waals surface area contributed by atoms with Gasteiger partial charge in [-0.05, 0) is 23.8 Å². The predicted molar refractivity (Wildman–Crippen MR) is 91.5 cm³/mol. The maximum absolute atomic E-state index is 11.9. The van der Waals surface area contributed by atoms with Gasteiger partial charge in [-0.25, -0.2) is 13.9 Å². The second-order valence-electron chi connectivity index (χ2n) is 5.27. The number of nitrogens with two attached hydrogens (primary N) is 2. The average molecular weight is 380 g/mol. The van der Waals surface area contributed by atoms with Gasteiger partial charge < -0.3 is 16.2 Å². The molecule has 1 heterocycles. The summed E-state index contributed by atoms with van der Waals surface area (Å²) >= 11 is 0. The standard InChI is InChI=1S/C15H16N4O6S/c16-12(20)5-7-18-14(21)10-3-1-9(2-4-10)11-6-8-19(26(17,24)25)13(11)15(22)23/h1-4,6,8H,5,7H2,(H2,16,20)(H,18,21)(H,22,23)(H2,17,24,25). The third-order valence-electron chi connectivity index (χ3n) is 3.44. The van der Waals surface area contributed by atoms with Gasteiger partial charge in [0, 0.05) is 30.3 Å². The number of hydrogen-bond acceptors (Lipinski definition) is 5. The zero-order valence-corrected chi connectivity index (χ0v) is 14.2. The highest BCUT2D eigenvalue weighted by molar-refractivity contribution is 7.87. The molecule has 0 aliphatic heterocycles. The highest BCUT2D eigenvalue weighted by Gasteiger charge is 2.22. The summed E-state index contributed by atoms with van der Waals surface area (Å²) in [7, 11) is -4.27. The van der Waals surface area contributed by atoms with Gasteiger partial charge in [-0.3, -0.25) is 9.59 Å². The molecule has 26 heavy (non-hydrogen) atoms. The first-order valence-corrected chi connectivity index (χ1v) is 8.76. The van der Waals surface area contributed by atoms with Gasteiger partial charge in [0.1, 0.15) is 0 Å². The number of aromatic nitrogens is 1. The summed E-state index contributed by atoms with van der Waals surface area (Å²) in [6, 6.07) is 7.12. The van der Waals surface area contributed by atoms with Crippen molar-refractivity contribution in [2.45, 2.75) is 6.42 Å². The minimum absolute atomic E-state index is 0.00682. The smallest absolute Gasteiger partial charge is 0.354 e. The number of carboxylic acids is 1. The van der Waals surface area contributed by atoms with Gasteiger partial charge in [-0.2, -0.15) is 8.42 Å². The zero-order valence-electron chi connectivity index (χ0n) is 13.4. The average Bonchev–Trinajstić information content (AvgIpc) is 3.00. The highest BCUT2D eigenvalue weighted by Crippen LogP contribution is 2.26. The van der Waals surface area contributed by atoms with E-state index in [4.69, 9.17) is 10.9 Å². The molecule has 10 nitrogen and oxygen atoms in total. The van der Waals surface area contributed by atoms with E-state index in [1.807, 2.05) is 0 Å². The SMILES string of the molecule is NC(=O)CCNC(=O)c1ccc(-c2ccn(S(N)(=O)=O)c2C(=O)O)cc1. The third kappa shape index (κ3) is 4.26. The summed E-state index contributed by atoms with van der Waals surface area (Å²) in [5.41, 5.74) is 5.27. The number of hydrogen-bond donors (Lipinski definition) is 4. The van der Waals surface area contributed by atoms with Gasteiger partial charge in [0.05, 0.1) is 0 Å². The van der Waals surface area contributed by atoms with Crippen molar-refractivity contribution >= 4 is 28.0 Å². The number of aromatic carboxylic acids is 1. The minimum atomic E-state index is -4.27. The Morgan fingerprint density at radius 1 is 1.12 bits per heavy atom. The van der Waals surface area contributed by atoms with Crippen LogP contribution in [0.5, 0.6) is 0 Å². The molecule has 138 valence electrons. The van der Waals surface area contributed by atoms with Crippen molar-refractivity contribution < 1.29 is 27.9 Å². The molecule has 0 unspecified atom stereocenters. The monoisotopic (exact) mass is 380 g/mol. The molecular formula is C15H16N4O6S. The van der Waals surface area contributed by atoms with Crippen LogP contribution in [-0.4, -0.2) is 41.8 Å². The third-order valence-corrected chi connectivity index (χ3v) is 4.30. The number of nitrogens with zero attached hydrogens (tertiary/aromatic N) is 1. The Balaban J connectivity index is 2.29. The molecule has 0 bridgehead atoms. The second kappa shape index (κ2) is 7.37. The molecule has 0 saturated heterocycles. The van der Waals surface area contributed by atoms with E-state index in [1.54, 1.807) is 0 Å². The molecular weight excluding hydrogens is 364 g/mol. The van der Waals surface area contributed by atoms with E-state index >= 15 is 0 Å². The number of amides is 2. The molecule has 0 spiro atoms. The molecule has 11 heteroatoms. The van der Waals surface area contributed by atoms with Crippen LogP contribution < -0.4 is 16.2 Å². The van der Waals surface area contributed by atoms with E-state index in [2.05, 4.69) is 5.32 Å². The van der Waals surface area contributed by atoms with Gasteiger partial charge in [-0.15, -0.1) is 0 Å². The maximum atomic E-state index is 11.9. The Bertz CT molecular complexity index is 963. The van der Waals surface area contributed by atoms with Gasteiger partial charge in [0.2, 0.25) is 5.91 Å². The maximum Gasteiger partial charge on any atom is 0.354 e. The zero-order chi connectivity index (χ0) is 19.5. The number of rotatable bonds is 7. The fraction of sp³-hybridized carbons (Fsp3) is 0.133. The first-order chi connectivity index (χ1) is 12.1. The summed E-state index contributed by atoms with van der Waals surface area (Å²) in [4.78, 5) is 34.0. The normalized spacial score (nSPS) is 11.1. The Hall–Kier alpha value is -3.18. The molecule has 2 rings (SSSR count). The van der Waals surface area contributed by atoms with Crippen LogP contribution in [0.2, 0.25) is 0 Å². The second-order valence-corrected chi connectivity index (χ2v) is 6.70. The van der Waals surface area contributed by atoms with E-state index < -0.39 is 33.7 Å². The van der Waals surface area contributed by atoms with Crippen LogP contribution in [0, 0.1) is 0 Å². The van der Waals surface area contributed by atoms with Crippen molar-refractivity contribution in [3.05, 3.63) is 47.8 Å². The molecule has 6 N–H and O–H groups in total. The molecule has 0 atom stereocenters. The molecule has 0 aliphatic carbocycles. The molecule has 0 radical (unpaired) electrons. The lowest BCUT2D eigenvalue weighted by atomic mass is 10.0. The van der Waals surface area contributed by atoms with Crippen molar-refractivity contribution in [1.82, 2.24) is 9.29 Å². The number of carboxylic acid groups (broad SMARTS) is 1.